The second-order valence-electron chi connectivity index (χ2n) is 4.39. The van der Waals surface area contributed by atoms with Gasteiger partial charge >= 0.3 is 11.9 Å². The number of rotatable bonds is 4. The summed E-state index contributed by atoms with van der Waals surface area (Å²) in [5.41, 5.74) is 1.88. The predicted octanol–water partition coefficient (Wildman–Crippen LogP) is 3.31. The van der Waals surface area contributed by atoms with Crippen molar-refractivity contribution < 1.29 is 19.8 Å². The van der Waals surface area contributed by atoms with Gasteiger partial charge < -0.3 is 10.2 Å². The highest BCUT2D eigenvalue weighted by Gasteiger charge is 2.20. The zero-order valence-electron chi connectivity index (χ0n) is 11.0. The molecule has 2 aromatic rings. The van der Waals surface area contributed by atoms with Crippen LogP contribution in [0.25, 0.3) is 11.1 Å². The lowest BCUT2D eigenvalue weighted by atomic mass is 9.94. The first-order valence-corrected chi connectivity index (χ1v) is 6.23. The summed E-state index contributed by atoms with van der Waals surface area (Å²) in [6.45, 7) is 2.03. The van der Waals surface area contributed by atoms with Crippen molar-refractivity contribution in [3.05, 3.63) is 59.2 Å². The zero-order valence-corrected chi connectivity index (χ0v) is 11.0. The van der Waals surface area contributed by atoms with Crippen LogP contribution in [0.3, 0.4) is 0 Å². The van der Waals surface area contributed by atoms with Gasteiger partial charge in [-0.3, -0.25) is 0 Å². The smallest absolute Gasteiger partial charge is 0.337 e. The summed E-state index contributed by atoms with van der Waals surface area (Å²) in [7, 11) is 0. The maximum Gasteiger partial charge on any atom is 0.337 e. The molecule has 0 radical (unpaired) electrons. The number of hydrogen-bond donors (Lipinski definition) is 2. The molecule has 0 aliphatic heterocycles. The number of hydrogen-bond acceptors (Lipinski definition) is 2. The molecule has 0 aromatic heterocycles. The van der Waals surface area contributed by atoms with Crippen LogP contribution in [-0.4, -0.2) is 22.2 Å². The Kier molecular flexibility index (Phi) is 3.84. The second-order valence-corrected chi connectivity index (χ2v) is 4.39. The van der Waals surface area contributed by atoms with Gasteiger partial charge in [0.05, 0.1) is 11.1 Å². The molecule has 0 atom stereocenters. The molecular weight excluding hydrogens is 256 g/mol. The summed E-state index contributed by atoms with van der Waals surface area (Å²) in [5, 5.41) is 18.4. The van der Waals surface area contributed by atoms with Crippen molar-refractivity contribution in [2.45, 2.75) is 13.3 Å². The van der Waals surface area contributed by atoms with Crippen LogP contribution < -0.4 is 0 Å². The van der Waals surface area contributed by atoms with E-state index in [1.807, 2.05) is 31.2 Å². The first kappa shape index (κ1) is 13.8. The number of aryl methyl sites for hydroxylation is 1. The molecule has 4 nitrogen and oxygen atoms in total. The number of carboxylic acid groups (broad SMARTS) is 2. The third kappa shape index (κ3) is 2.54. The fourth-order valence-corrected chi connectivity index (χ4v) is 2.12. The van der Waals surface area contributed by atoms with Gasteiger partial charge in [0.25, 0.3) is 0 Å². The molecule has 0 saturated carbocycles. The van der Waals surface area contributed by atoms with Crippen molar-refractivity contribution in [2.75, 3.05) is 0 Å². The van der Waals surface area contributed by atoms with E-state index in [0.717, 1.165) is 12.0 Å². The second kappa shape index (κ2) is 5.57. The third-order valence-electron chi connectivity index (χ3n) is 3.18. The molecule has 4 heteroatoms. The van der Waals surface area contributed by atoms with E-state index in [1.54, 1.807) is 12.1 Å². The Labute approximate surface area is 116 Å². The minimum Gasteiger partial charge on any atom is -0.478 e. The molecule has 0 amide bonds. The molecule has 0 saturated heterocycles. The van der Waals surface area contributed by atoms with Crippen molar-refractivity contribution in [3.63, 3.8) is 0 Å². The van der Waals surface area contributed by atoms with Gasteiger partial charge in [0.15, 0.2) is 0 Å². The highest BCUT2D eigenvalue weighted by molar-refractivity contribution is 6.06. The number of aromatic carboxylic acids is 2. The van der Waals surface area contributed by atoms with Gasteiger partial charge in [0.2, 0.25) is 0 Å². The Balaban J connectivity index is 2.63. The van der Waals surface area contributed by atoms with Gasteiger partial charge in [-0.05, 0) is 29.2 Å². The van der Waals surface area contributed by atoms with Crippen molar-refractivity contribution in [1.29, 1.82) is 0 Å². The van der Waals surface area contributed by atoms with Gasteiger partial charge in [-0.25, -0.2) is 9.59 Å². The summed E-state index contributed by atoms with van der Waals surface area (Å²) in [5.74, 6) is -2.48. The van der Waals surface area contributed by atoms with Crippen LogP contribution in [-0.2, 0) is 6.42 Å². The number of benzene rings is 2. The largest absolute Gasteiger partial charge is 0.478 e. The van der Waals surface area contributed by atoms with Crippen LogP contribution in [0.1, 0.15) is 33.2 Å². The summed E-state index contributed by atoms with van der Waals surface area (Å²) in [4.78, 5) is 22.5. The normalized spacial score (nSPS) is 10.2. The first-order valence-electron chi connectivity index (χ1n) is 6.23. The molecule has 0 heterocycles. The predicted molar refractivity (Wildman–Crippen MR) is 75.2 cm³/mol. The van der Waals surface area contributed by atoms with Crippen LogP contribution in [0, 0.1) is 0 Å². The topological polar surface area (TPSA) is 74.6 Å². The van der Waals surface area contributed by atoms with Crippen LogP contribution in [0.4, 0.5) is 0 Å². The maximum atomic E-state index is 11.4. The zero-order chi connectivity index (χ0) is 14.7. The third-order valence-corrected chi connectivity index (χ3v) is 3.18. The van der Waals surface area contributed by atoms with E-state index in [-0.39, 0.29) is 11.1 Å². The Bertz CT molecular complexity index is 657. The average Bonchev–Trinajstić information content (AvgIpc) is 2.46. The van der Waals surface area contributed by atoms with E-state index in [9.17, 15) is 14.7 Å². The van der Waals surface area contributed by atoms with Crippen LogP contribution in [0.5, 0.6) is 0 Å². The molecule has 102 valence electrons. The van der Waals surface area contributed by atoms with Crippen molar-refractivity contribution in [3.8, 4) is 11.1 Å². The van der Waals surface area contributed by atoms with E-state index < -0.39 is 11.9 Å². The summed E-state index contributed by atoms with van der Waals surface area (Å²) in [6.07, 6.45) is 0.890. The summed E-state index contributed by atoms with van der Waals surface area (Å²) >= 11 is 0. The molecule has 0 aliphatic carbocycles. The standard InChI is InChI=1S/C16H14O4/c1-2-10-6-8-11(9-7-10)12-4-3-5-13(15(17)18)14(12)16(19)20/h3-9H,2H2,1H3,(H,17,18)(H,19,20). The minimum atomic E-state index is -1.24. The molecule has 0 aliphatic rings. The first-order chi connectivity index (χ1) is 9.54. The maximum absolute atomic E-state index is 11.4. The molecule has 2 rings (SSSR count). The van der Waals surface area contributed by atoms with E-state index >= 15 is 0 Å². The Morgan fingerprint density at radius 1 is 0.950 bits per heavy atom. The molecule has 0 spiro atoms. The van der Waals surface area contributed by atoms with Gasteiger partial charge in [-0.1, -0.05) is 43.3 Å². The highest BCUT2D eigenvalue weighted by atomic mass is 16.4. The Morgan fingerprint density at radius 3 is 2.10 bits per heavy atom. The summed E-state index contributed by atoms with van der Waals surface area (Å²) < 4.78 is 0. The molecule has 2 N–H and O–H groups in total. The Morgan fingerprint density at radius 2 is 1.60 bits per heavy atom. The summed E-state index contributed by atoms with van der Waals surface area (Å²) in [6, 6.07) is 11.9. The molecule has 20 heavy (non-hydrogen) atoms. The SMILES string of the molecule is CCc1ccc(-c2cccc(C(=O)O)c2C(=O)O)cc1. The van der Waals surface area contributed by atoms with E-state index in [1.165, 1.54) is 6.07 Å². The average molecular weight is 270 g/mol. The van der Waals surface area contributed by atoms with E-state index in [2.05, 4.69) is 0 Å². The molecule has 0 unspecified atom stereocenters. The van der Waals surface area contributed by atoms with Gasteiger partial charge in [0, 0.05) is 0 Å². The van der Waals surface area contributed by atoms with E-state index in [4.69, 9.17) is 5.11 Å². The monoisotopic (exact) mass is 270 g/mol. The fraction of sp³-hybridized carbons (Fsp3) is 0.125. The van der Waals surface area contributed by atoms with Crippen LogP contribution >= 0.6 is 0 Å². The van der Waals surface area contributed by atoms with Crippen molar-refractivity contribution in [1.82, 2.24) is 0 Å². The fourth-order valence-electron chi connectivity index (χ4n) is 2.12. The van der Waals surface area contributed by atoms with Crippen LogP contribution in [0.2, 0.25) is 0 Å². The van der Waals surface area contributed by atoms with Gasteiger partial charge in [0.1, 0.15) is 0 Å². The van der Waals surface area contributed by atoms with Crippen LogP contribution in [0.15, 0.2) is 42.5 Å². The van der Waals surface area contributed by atoms with Crippen molar-refractivity contribution >= 4 is 11.9 Å². The molecule has 0 bridgehead atoms. The quantitative estimate of drug-likeness (QED) is 0.893. The molecule has 2 aromatic carbocycles. The van der Waals surface area contributed by atoms with E-state index in [0.29, 0.717) is 11.1 Å². The lowest BCUT2D eigenvalue weighted by Crippen LogP contribution is -2.09. The Hall–Kier alpha value is -2.62. The number of carbonyl (C=O) groups is 2. The highest BCUT2D eigenvalue weighted by Crippen LogP contribution is 2.27. The molecular formula is C16H14O4. The molecule has 0 fully saturated rings. The van der Waals surface area contributed by atoms with Gasteiger partial charge in [-0.15, -0.1) is 0 Å². The lowest BCUT2D eigenvalue weighted by Gasteiger charge is -2.09. The number of carboxylic acids is 2. The van der Waals surface area contributed by atoms with Gasteiger partial charge in [-0.2, -0.15) is 0 Å². The van der Waals surface area contributed by atoms with Crippen molar-refractivity contribution in [2.24, 2.45) is 0 Å². The lowest BCUT2D eigenvalue weighted by molar-refractivity contribution is 0.0652. The minimum absolute atomic E-state index is 0.177.